The number of rotatable bonds is 5. The average Bonchev–Trinajstić information content (AvgIpc) is 2.25. The van der Waals surface area contributed by atoms with Crippen LogP contribution in [0.2, 0.25) is 0 Å². The molecule has 0 spiro atoms. The molecule has 0 radical (unpaired) electrons. The Labute approximate surface area is 111 Å². The van der Waals surface area contributed by atoms with Crippen molar-refractivity contribution >= 4 is 34.6 Å². The first-order valence-electron chi connectivity index (χ1n) is 5.90. The van der Waals surface area contributed by atoms with Crippen molar-refractivity contribution in [1.82, 2.24) is 0 Å². The van der Waals surface area contributed by atoms with Crippen molar-refractivity contribution in [3.8, 4) is 0 Å². The van der Waals surface area contributed by atoms with Gasteiger partial charge >= 0.3 is 111 Å². The van der Waals surface area contributed by atoms with Crippen LogP contribution in [0.25, 0.3) is 0 Å². The predicted octanol–water partition coefficient (Wildman–Crippen LogP) is 2.13. The zero-order chi connectivity index (χ0) is 11.8. The van der Waals surface area contributed by atoms with Crippen LogP contribution in [0.3, 0.4) is 0 Å². The van der Waals surface area contributed by atoms with Gasteiger partial charge in [0.05, 0.1) is 0 Å². The van der Waals surface area contributed by atoms with E-state index >= 15 is 0 Å². The number of carbonyl (C=O) groups is 1. The van der Waals surface area contributed by atoms with E-state index in [0.29, 0.717) is 6.61 Å². The van der Waals surface area contributed by atoms with Gasteiger partial charge in [-0.2, -0.15) is 0 Å². The van der Waals surface area contributed by atoms with Gasteiger partial charge < -0.3 is 0 Å². The summed E-state index contributed by atoms with van der Waals surface area (Å²) in [6.07, 6.45) is 8.40. The summed E-state index contributed by atoms with van der Waals surface area (Å²) in [7, 11) is 0. The van der Waals surface area contributed by atoms with Crippen molar-refractivity contribution in [2.75, 3.05) is 12.4 Å². The first-order valence-corrected chi connectivity index (χ1v) is 8.16. The van der Waals surface area contributed by atoms with Crippen LogP contribution in [-0.4, -0.2) is 40.4 Å². The molecule has 0 aliphatic heterocycles. The summed E-state index contributed by atoms with van der Waals surface area (Å²) in [4.78, 5) is 11.2. The molecule has 16 heavy (non-hydrogen) atoms. The third kappa shape index (κ3) is 6.65. The molecule has 0 amide bonds. The van der Waals surface area contributed by atoms with Crippen molar-refractivity contribution in [2.24, 2.45) is 0 Å². The van der Waals surface area contributed by atoms with Gasteiger partial charge in [-0.1, -0.05) is 0 Å². The van der Waals surface area contributed by atoms with E-state index in [-0.39, 0.29) is 5.97 Å². The summed E-state index contributed by atoms with van der Waals surface area (Å²) >= 11 is 3.43. The first kappa shape index (κ1) is 14.2. The average molecular weight is 304 g/mol. The molecule has 1 saturated carbocycles. The molecule has 0 aromatic heterocycles. The van der Waals surface area contributed by atoms with E-state index in [2.05, 4.69) is 0 Å². The molecule has 1 rings (SSSR count). The fraction of sp³-hybridized carbons (Fsp3) is 0.750. The number of hydrogen-bond acceptors (Lipinski definition) is 3. The molecule has 0 N–H and O–H groups in total. The SMILES string of the molecule is C/C([AsH2])=C/C(=O)OCCSC1CCCCC1. The summed E-state index contributed by atoms with van der Waals surface area (Å²) in [5.74, 6) is 0.754. The Bertz CT molecular complexity index is 243. The summed E-state index contributed by atoms with van der Waals surface area (Å²) < 4.78 is 6.17. The van der Waals surface area contributed by atoms with Crippen LogP contribution in [-0.2, 0) is 9.53 Å². The quantitative estimate of drug-likeness (QED) is 0.337. The summed E-state index contributed by atoms with van der Waals surface area (Å²) in [5, 5.41) is 0.805. The van der Waals surface area contributed by atoms with Crippen molar-refractivity contribution < 1.29 is 9.53 Å². The molecule has 1 aliphatic carbocycles. The first-order chi connectivity index (χ1) is 7.68. The zero-order valence-corrected chi connectivity index (χ0v) is 13.1. The van der Waals surface area contributed by atoms with Crippen LogP contribution in [0, 0.1) is 0 Å². The molecular weight excluding hydrogens is 283 g/mol. The Balaban J connectivity index is 2.02. The Kier molecular flexibility index (Phi) is 7.31. The van der Waals surface area contributed by atoms with Crippen LogP contribution in [0.1, 0.15) is 39.0 Å². The summed E-state index contributed by atoms with van der Waals surface area (Å²) in [5.41, 5.74) is 0. The molecule has 1 aliphatic rings. The number of carbonyl (C=O) groups excluding carboxylic acids is 1. The molecule has 0 aromatic carbocycles. The van der Waals surface area contributed by atoms with Gasteiger partial charge in [0, 0.05) is 0 Å². The molecule has 1 unspecified atom stereocenters. The molecule has 92 valence electrons. The van der Waals surface area contributed by atoms with E-state index in [1.807, 2.05) is 18.7 Å². The Hall–Kier alpha value is 0.118. The molecule has 4 heteroatoms. The van der Waals surface area contributed by atoms with E-state index in [1.165, 1.54) is 49.0 Å². The van der Waals surface area contributed by atoms with Gasteiger partial charge in [-0.15, -0.1) is 0 Å². The Morgan fingerprint density at radius 1 is 1.44 bits per heavy atom. The van der Waals surface area contributed by atoms with Crippen LogP contribution in [0.5, 0.6) is 0 Å². The summed E-state index contributed by atoms with van der Waals surface area (Å²) in [6, 6.07) is 0. The zero-order valence-electron chi connectivity index (χ0n) is 9.91. The molecule has 1 fully saturated rings. The van der Waals surface area contributed by atoms with Gasteiger partial charge in [0.15, 0.2) is 0 Å². The van der Waals surface area contributed by atoms with Crippen molar-refractivity contribution in [3.05, 3.63) is 10.4 Å². The monoisotopic (exact) mass is 304 g/mol. The number of ether oxygens (including phenoxy) is 1. The molecule has 2 nitrogen and oxygen atoms in total. The fourth-order valence-electron chi connectivity index (χ4n) is 1.82. The van der Waals surface area contributed by atoms with Gasteiger partial charge in [0.25, 0.3) is 0 Å². The fourth-order valence-corrected chi connectivity index (χ4v) is 3.28. The van der Waals surface area contributed by atoms with E-state index < -0.39 is 0 Å². The van der Waals surface area contributed by atoms with Gasteiger partial charge in [-0.3, -0.25) is 0 Å². The maximum atomic E-state index is 11.2. The molecule has 0 saturated heterocycles. The van der Waals surface area contributed by atoms with Crippen LogP contribution in [0.15, 0.2) is 10.4 Å². The van der Waals surface area contributed by atoms with Gasteiger partial charge in [-0.25, -0.2) is 0 Å². The summed E-state index contributed by atoms with van der Waals surface area (Å²) in [6.45, 7) is 2.48. The Morgan fingerprint density at radius 2 is 2.12 bits per heavy atom. The third-order valence-electron chi connectivity index (χ3n) is 2.58. The third-order valence-corrected chi connectivity index (χ3v) is 4.27. The minimum absolute atomic E-state index is 0.189. The second-order valence-electron chi connectivity index (χ2n) is 4.19. The van der Waals surface area contributed by atoms with E-state index in [1.54, 1.807) is 6.08 Å². The van der Waals surface area contributed by atoms with Crippen molar-refractivity contribution in [1.29, 1.82) is 0 Å². The van der Waals surface area contributed by atoms with Crippen molar-refractivity contribution in [3.63, 3.8) is 0 Å². The number of allylic oxidation sites excluding steroid dienone is 1. The minimum atomic E-state index is -0.189. The standard InChI is InChI=1S/C12H21AsO2S/c1-10(13)9-12(14)15-7-8-16-11-5-3-2-4-6-11/h9,11H,2-8,13H2,1H3/b10-9-. The van der Waals surface area contributed by atoms with Crippen LogP contribution in [0.4, 0.5) is 0 Å². The number of hydrogen-bond donors (Lipinski definition) is 0. The van der Waals surface area contributed by atoms with Gasteiger partial charge in [-0.05, 0) is 0 Å². The topological polar surface area (TPSA) is 26.3 Å². The maximum absolute atomic E-state index is 11.2. The van der Waals surface area contributed by atoms with Crippen LogP contribution >= 0.6 is 11.8 Å². The van der Waals surface area contributed by atoms with E-state index in [4.69, 9.17) is 4.74 Å². The van der Waals surface area contributed by atoms with Gasteiger partial charge in [0.1, 0.15) is 0 Å². The second-order valence-corrected chi connectivity index (χ2v) is 7.51. The molecule has 0 bridgehead atoms. The molecule has 0 heterocycles. The second kappa shape index (κ2) is 8.24. The van der Waals surface area contributed by atoms with Gasteiger partial charge in [0.2, 0.25) is 0 Å². The number of thioether (sulfide) groups is 1. The predicted molar refractivity (Wildman–Crippen MR) is 72.6 cm³/mol. The van der Waals surface area contributed by atoms with Crippen LogP contribution < -0.4 is 0 Å². The van der Waals surface area contributed by atoms with Crippen molar-refractivity contribution in [2.45, 2.75) is 44.3 Å². The normalized spacial score (nSPS) is 18.5. The molecule has 0 aromatic rings. The Morgan fingerprint density at radius 3 is 2.75 bits per heavy atom. The van der Waals surface area contributed by atoms with E-state index in [0.717, 1.165) is 15.4 Å². The molecular formula is C12H21AsO2S. The molecule has 1 atom stereocenters. The number of esters is 1. The van der Waals surface area contributed by atoms with E-state index in [9.17, 15) is 4.79 Å².